The fourth-order valence-electron chi connectivity index (χ4n) is 1.57. The second-order valence-corrected chi connectivity index (χ2v) is 5.92. The van der Waals surface area contributed by atoms with E-state index < -0.39 is 9.84 Å². The summed E-state index contributed by atoms with van der Waals surface area (Å²) in [6, 6.07) is 0. The number of ether oxygens (including phenoxy) is 1. The fraction of sp³-hybridized carbons (Fsp3) is 0.800. The topological polar surface area (TPSA) is 43.4 Å². The third-order valence-corrected chi connectivity index (χ3v) is 4.13. The van der Waals surface area contributed by atoms with Crippen LogP contribution < -0.4 is 0 Å². The van der Waals surface area contributed by atoms with Gasteiger partial charge in [0.1, 0.15) is 0 Å². The molecule has 0 N–H and O–H groups in total. The molecule has 0 spiro atoms. The van der Waals surface area contributed by atoms with Crippen LogP contribution in [0.15, 0.2) is 12.7 Å². The van der Waals surface area contributed by atoms with E-state index in [1.54, 1.807) is 13.2 Å². The maximum absolute atomic E-state index is 11.5. The Morgan fingerprint density at radius 2 is 2.07 bits per heavy atom. The largest absolute Gasteiger partial charge is 0.385 e. The maximum atomic E-state index is 11.5. The lowest BCUT2D eigenvalue weighted by Crippen LogP contribution is -2.28. The lowest BCUT2D eigenvalue weighted by atomic mass is 10.0. The van der Waals surface area contributed by atoms with Gasteiger partial charge < -0.3 is 4.74 Å². The van der Waals surface area contributed by atoms with Gasteiger partial charge in [-0.1, -0.05) is 13.0 Å². The summed E-state index contributed by atoms with van der Waals surface area (Å²) in [7, 11) is -1.41. The van der Waals surface area contributed by atoms with Gasteiger partial charge in [-0.05, 0) is 18.8 Å². The zero-order valence-electron chi connectivity index (χ0n) is 9.19. The van der Waals surface area contributed by atoms with E-state index in [9.17, 15) is 8.42 Å². The molecule has 0 radical (unpaired) electrons. The van der Waals surface area contributed by atoms with E-state index in [2.05, 4.69) is 6.58 Å². The van der Waals surface area contributed by atoms with Gasteiger partial charge in [-0.3, -0.25) is 0 Å². The minimum Gasteiger partial charge on any atom is -0.385 e. The van der Waals surface area contributed by atoms with Crippen LogP contribution in [0.4, 0.5) is 0 Å². The molecule has 14 heavy (non-hydrogen) atoms. The van der Waals surface area contributed by atoms with Crippen molar-refractivity contribution in [2.24, 2.45) is 5.92 Å². The second-order valence-electron chi connectivity index (χ2n) is 3.65. The van der Waals surface area contributed by atoms with Crippen LogP contribution in [-0.2, 0) is 14.6 Å². The zero-order chi connectivity index (χ0) is 11.2. The molecule has 0 aromatic rings. The van der Waals surface area contributed by atoms with Crippen LogP contribution in [0.2, 0.25) is 0 Å². The van der Waals surface area contributed by atoms with Crippen molar-refractivity contribution in [3.8, 4) is 0 Å². The van der Waals surface area contributed by atoms with E-state index in [0.717, 1.165) is 6.42 Å². The quantitative estimate of drug-likeness (QED) is 0.613. The molecule has 0 rings (SSSR count). The lowest BCUT2D eigenvalue weighted by molar-refractivity contribution is 0.188. The Hall–Kier alpha value is -0.350. The average molecular weight is 220 g/mol. The van der Waals surface area contributed by atoms with Crippen molar-refractivity contribution in [2.75, 3.05) is 20.0 Å². The molecule has 84 valence electrons. The van der Waals surface area contributed by atoms with Crippen LogP contribution in [0, 0.1) is 5.92 Å². The third kappa shape index (κ3) is 4.77. The molecular formula is C10H20O3S. The van der Waals surface area contributed by atoms with E-state index in [4.69, 9.17) is 4.74 Å². The summed E-state index contributed by atoms with van der Waals surface area (Å²) in [4.78, 5) is 0. The Kier molecular flexibility index (Phi) is 6.04. The Morgan fingerprint density at radius 3 is 2.43 bits per heavy atom. The molecule has 3 nitrogen and oxygen atoms in total. The molecule has 0 unspecified atom stereocenters. The van der Waals surface area contributed by atoms with Gasteiger partial charge in [0.15, 0.2) is 9.84 Å². The summed E-state index contributed by atoms with van der Waals surface area (Å²) in [5.74, 6) is 0.109. The van der Waals surface area contributed by atoms with Crippen molar-refractivity contribution >= 4 is 9.84 Å². The minimum atomic E-state index is -2.99. The summed E-state index contributed by atoms with van der Waals surface area (Å²) in [6.45, 7) is 6.04. The van der Waals surface area contributed by atoms with Crippen LogP contribution >= 0.6 is 0 Å². The molecule has 0 saturated heterocycles. The first-order valence-corrected chi connectivity index (χ1v) is 6.67. The summed E-state index contributed by atoms with van der Waals surface area (Å²) < 4.78 is 27.8. The van der Waals surface area contributed by atoms with Crippen molar-refractivity contribution in [1.29, 1.82) is 0 Å². The lowest BCUT2D eigenvalue weighted by Gasteiger charge is -2.20. The second kappa shape index (κ2) is 6.19. The highest BCUT2D eigenvalue weighted by Crippen LogP contribution is 2.19. The minimum absolute atomic E-state index is 0.109. The highest BCUT2D eigenvalue weighted by molar-refractivity contribution is 7.91. The molecule has 0 amide bonds. The molecule has 4 heteroatoms. The maximum Gasteiger partial charge on any atom is 0.150 e. The van der Waals surface area contributed by atoms with Crippen LogP contribution in [0.25, 0.3) is 0 Å². The summed E-state index contributed by atoms with van der Waals surface area (Å²) in [6.07, 6.45) is 4.33. The molecule has 0 saturated carbocycles. The van der Waals surface area contributed by atoms with Gasteiger partial charge in [-0.15, -0.1) is 6.58 Å². The van der Waals surface area contributed by atoms with Gasteiger partial charge in [0.05, 0.1) is 5.25 Å². The van der Waals surface area contributed by atoms with Crippen LogP contribution in [0.5, 0.6) is 0 Å². The van der Waals surface area contributed by atoms with E-state index >= 15 is 0 Å². The monoisotopic (exact) mass is 220 g/mol. The predicted molar refractivity (Wildman–Crippen MR) is 59.1 cm³/mol. The number of sulfone groups is 1. The van der Waals surface area contributed by atoms with Crippen molar-refractivity contribution in [3.05, 3.63) is 12.7 Å². The number of hydrogen-bond donors (Lipinski definition) is 0. The molecule has 0 aliphatic heterocycles. The van der Waals surface area contributed by atoms with Gasteiger partial charge in [-0.2, -0.15) is 0 Å². The van der Waals surface area contributed by atoms with Crippen molar-refractivity contribution < 1.29 is 13.2 Å². The van der Waals surface area contributed by atoms with E-state index in [1.807, 2.05) is 6.92 Å². The Labute approximate surface area is 87.1 Å². The number of allylic oxidation sites excluding steroid dienone is 1. The highest BCUT2D eigenvalue weighted by atomic mass is 32.2. The van der Waals surface area contributed by atoms with Crippen molar-refractivity contribution in [1.82, 2.24) is 0 Å². The van der Waals surface area contributed by atoms with E-state index in [-0.39, 0.29) is 11.2 Å². The van der Waals surface area contributed by atoms with Crippen molar-refractivity contribution in [3.63, 3.8) is 0 Å². The predicted octanol–water partition coefficient (Wildman–Crippen LogP) is 1.65. The van der Waals surface area contributed by atoms with Crippen LogP contribution in [-0.4, -0.2) is 33.6 Å². The van der Waals surface area contributed by atoms with E-state index in [0.29, 0.717) is 13.0 Å². The van der Waals surface area contributed by atoms with E-state index in [1.165, 1.54) is 6.26 Å². The van der Waals surface area contributed by atoms with Gasteiger partial charge in [0.2, 0.25) is 0 Å². The van der Waals surface area contributed by atoms with Gasteiger partial charge in [0.25, 0.3) is 0 Å². The molecule has 0 aromatic heterocycles. The van der Waals surface area contributed by atoms with Crippen LogP contribution in [0.3, 0.4) is 0 Å². The number of hydrogen-bond acceptors (Lipinski definition) is 3. The Morgan fingerprint density at radius 1 is 1.50 bits per heavy atom. The third-order valence-electron chi connectivity index (χ3n) is 2.33. The molecule has 0 heterocycles. The molecule has 0 fully saturated rings. The summed E-state index contributed by atoms with van der Waals surface area (Å²) >= 11 is 0. The van der Waals surface area contributed by atoms with Crippen LogP contribution in [0.1, 0.15) is 19.8 Å². The SMILES string of the molecule is C=CC[C@H](C)[C@@H](CCOC)S(C)(=O)=O. The summed E-state index contributed by atoms with van der Waals surface area (Å²) in [5, 5.41) is -0.319. The fourth-order valence-corrected chi connectivity index (χ4v) is 3.05. The standard InChI is InChI=1S/C10H20O3S/c1-5-6-9(2)10(7-8-13-3)14(4,11)12/h5,9-10H,1,6-8H2,2-4H3/t9-,10+/m0/s1. The smallest absolute Gasteiger partial charge is 0.150 e. The van der Waals surface area contributed by atoms with Crippen molar-refractivity contribution in [2.45, 2.75) is 25.0 Å². The molecule has 0 aromatic carbocycles. The first-order chi connectivity index (χ1) is 6.43. The summed E-state index contributed by atoms with van der Waals surface area (Å²) in [5.41, 5.74) is 0. The Balaban J connectivity index is 4.46. The zero-order valence-corrected chi connectivity index (χ0v) is 10.0. The van der Waals surface area contributed by atoms with Gasteiger partial charge in [-0.25, -0.2) is 8.42 Å². The highest BCUT2D eigenvalue weighted by Gasteiger charge is 2.25. The molecule has 0 aliphatic carbocycles. The Bertz CT molecular complexity index is 257. The number of rotatable bonds is 7. The molecule has 0 aliphatic rings. The molecule has 0 bridgehead atoms. The average Bonchev–Trinajstić information content (AvgIpc) is 2.03. The normalized spacial score (nSPS) is 16.2. The van der Waals surface area contributed by atoms with Gasteiger partial charge >= 0.3 is 0 Å². The number of methoxy groups -OCH3 is 1. The molecular weight excluding hydrogens is 200 g/mol. The van der Waals surface area contributed by atoms with Gasteiger partial charge in [0, 0.05) is 20.0 Å². The first-order valence-electron chi connectivity index (χ1n) is 4.72. The first kappa shape index (κ1) is 13.7. The molecule has 2 atom stereocenters.